The lowest BCUT2D eigenvalue weighted by atomic mass is 9.98. The Labute approximate surface area is 127 Å². The molecule has 112 valence electrons. The summed E-state index contributed by atoms with van der Waals surface area (Å²) in [6.07, 6.45) is 4.48. The van der Waals surface area contributed by atoms with E-state index in [-0.39, 0.29) is 0 Å². The Hall–Kier alpha value is -1.61. The summed E-state index contributed by atoms with van der Waals surface area (Å²) in [5.41, 5.74) is 4.11. The average molecular weight is 283 g/mol. The van der Waals surface area contributed by atoms with Gasteiger partial charge in [0, 0.05) is 24.8 Å². The summed E-state index contributed by atoms with van der Waals surface area (Å²) >= 11 is 0. The largest absolute Gasteiger partial charge is 0.310 e. The summed E-state index contributed by atoms with van der Waals surface area (Å²) in [4.78, 5) is 0. The quantitative estimate of drug-likeness (QED) is 0.880. The van der Waals surface area contributed by atoms with Crippen LogP contribution in [0.25, 0.3) is 0 Å². The Bertz CT molecular complexity index is 588. The third kappa shape index (κ3) is 2.88. The molecule has 0 radical (unpaired) electrons. The normalized spacial score (nSPS) is 22.2. The molecular formula is C18H25N3. The monoisotopic (exact) mass is 283 g/mol. The van der Waals surface area contributed by atoms with Gasteiger partial charge in [0.05, 0.1) is 5.69 Å². The first-order chi connectivity index (χ1) is 10.2. The van der Waals surface area contributed by atoms with Crippen LogP contribution in [0.4, 0.5) is 0 Å². The highest BCUT2D eigenvalue weighted by Gasteiger charge is 2.44. The van der Waals surface area contributed by atoms with Crippen LogP contribution in [0.1, 0.15) is 49.0 Å². The van der Waals surface area contributed by atoms with Gasteiger partial charge in [-0.25, -0.2) is 0 Å². The molecule has 3 atom stereocenters. The van der Waals surface area contributed by atoms with E-state index < -0.39 is 0 Å². The molecule has 1 N–H and O–H groups in total. The molecule has 1 heterocycles. The third-order valence-electron chi connectivity index (χ3n) is 4.53. The third-order valence-corrected chi connectivity index (χ3v) is 4.53. The second-order valence-corrected chi connectivity index (χ2v) is 6.01. The zero-order chi connectivity index (χ0) is 14.8. The number of aryl methyl sites for hydroxylation is 2. The molecule has 3 nitrogen and oxygen atoms in total. The van der Waals surface area contributed by atoms with Gasteiger partial charge in [-0.05, 0) is 36.8 Å². The van der Waals surface area contributed by atoms with Crippen LogP contribution in [-0.2, 0) is 13.5 Å². The van der Waals surface area contributed by atoms with E-state index in [0.717, 1.165) is 13.0 Å². The highest BCUT2D eigenvalue weighted by atomic mass is 15.3. The molecule has 1 fully saturated rings. The first-order valence-corrected chi connectivity index (χ1v) is 8.05. The lowest BCUT2D eigenvalue weighted by Crippen LogP contribution is -2.24. The first-order valence-electron chi connectivity index (χ1n) is 8.05. The zero-order valence-corrected chi connectivity index (χ0v) is 13.2. The fourth-order valence-corrected chi connectivity index (χ4v) is 3.47. The van der Waals surface area contributed by atoms with Crippen molar-refractivity contribution in [3.63, 3.8) is 0 Å². The molecule has 1 saturated carbocycles. The van der Waals surface area contributed by atoms with E-state index in [0.29, 0.717) is 17.9 Å². The lowest BCUT2D eigenvalue weighted by Gasteiger charge is -2.18. The van der Waals surface area contributed by atoms with Crippen molar-refractivity contribution in [2.45, 2.75) is 38.6 Å². The molecule has 3 unspecified atom stereocenters. The number of benzene rings is 1. The standard InChI is InChI=1S/C18H25N3/c1-4-17-16(12-21(3)20-17)18(19-5-2)15-11-14(15)13-9-7-6-8-10-13/h6-10,12,14-15,18-19H,4-5,11H2,1-3H3. The highest BCUT2D eigenvalue weighted by Crippen LogP contribution is 2.54. The van der Waals surface area contributed by atoms with Crippen molar-refractivity contribution >= 4 is 0 Å². The van der Waals surface area contributed by atoms with Crippen LogP contribution in [-0.4, -0.2) is 16.3 Å². The van der Waals surface area contributed by atoms with Gasteiger partial charge >= 0.3 is 0 Å². The molecule has 21 heavy (non-hydrogen) atoms. The maximum absolute atomic E-state index is 4.62. The Kier molecular flexibility index (Phi) is 4.11. The first kappa shape index (κ1) is 14.3. The van der Waals surface area contributed by atoms with Crippen molar-refractivity contribution in [3.8, 4) is 0 Å². The predicted molar refractivity (Wildman–Crippen MR) is 86.3 cm³/mol. The molecule has 0 spiro atoms. The Balaban J connectivity index is 1.83. The number of hydrogen-bond acceptors (Lipinski definition) is 2. The van der Waals surface area contributed by atoms with Crippen molar-refractivity contribution < 1.29 is 0 Å². The summed E-state index contributed by atoms with van der Waals surface area (Å²) < 4.78 is 1.96. The maximum atomic E-state index is 4.62. The van der Waals surface area contributed by atoms with Gasteiger partial charge in [0.1, 0.15) is 0 Å². The average Bonchev–Trinajstić information content (AvgIpc) is 3.21. The fraction of sp³-hybridized carbons (Fsp3) is 0.500. The molecule has 0 saturated heterocycles. The topological polar surface area (TPSA) is 29.9 Å². The molecule has 0 aliphatic heterocycles. The highest BCUT2D eigenvalue weighted by molar-refractivity contribution is 5.31. The smallest absolute Gasteiger partial charge is 0.0669 e. The molecule has 0 bridgehead atoms. The predicted octanol–water partition coefficient (Wildman–Crippen LogP) is 3.44. The minimum Gasteiger partial charge on any atom is -0.310 e. The number of nitrogens with zero attached hydrogens (tertiary/aromatic N) is 2. The van der Waals surface area contributed by atoms with Gasteiger partial charge in [0.25, 0.3) is 0 Å². The van der Waals surface area contributed by atoms with E-state index in [1.807, 2.05) is 11.7 Å². The molecule has 3 heteroatoms. The minimum absolute atomic E-state index is 0.434. The van der Waals surface area contributed by atoms with Gasteiger partial charge < -0.3 is 5.32 Å². The summed E-state index contributed by atoms with van der Waals surface area (Å²) in [6.45, 7) is 5.38. The molecular weight excluding hydrogens is 258 g/mol. The molecule has 1 aromatic carbocycles. The summed E-state index contributed by atoms with van der Waals surface area (Å²) in [5, 5.41) is 8.31. The summed E-state index contributed by atoms with van der Waals surface area (Å²) in [6, 6.07) is 11.3. The van der Waals surface area contributed by atoms with Crippen molar-refractivity contribution in [1.29, 1.82) is 0 Å². The van der Waals surface area contributed by atoms with E-state index in [9.17, 15) is 0 Å². The Morgan fingerprint density at radius 1 is 1.29 bits per heavy atom. The SMILES string of the molecule is CCNC(c1cn(C)nc1CC)C1CC1c1ccccc1. The molecule has 1 aliphatic rings. The molecule has 1 aliphatic carbocycles. The molecule has 1 aromatic heterocycles. The fourth-order valence-electron chi connectivity index (χ4n) is 3.47. The van der Waals surface area contributed by atoms with E-state index >= 15 is 0 Å². The van der Waals surface area contributed by atoms with Crippen LogP contribution in [0.5, 0.6) is 0 Å². The van der Waals surface area contributed by atoms with E-state index in [1.54, 1.807) is 0 Å². The van der Waals surface area contributed by atoms with E-state index in [2.05, 4.69) is 60.8 Å². The Morgan fingerprint density at radius 2 is 2.05 bits per heavy atom. The van der Waals surface area contributed by atoms with Gasteiger partial charge in [0.2, 0.25) is 0 Å². The molecule has 0 amide bonds. The van der Waals surface area contributed by atoms with Crippen LogP contribution >= 0.6 is 0 Å². The second kappa shape index (κ2) is 6.02. The van der Waals surface area contributed by atoms with Gasteiger partial charge in [-0.2, -0.15) is 5.10 Å². The van der Waals surface area contributed by atoms with E-state index in [1.165, 1.54) is 23.2 Å². The molecule has 2 aromatic rings. The van der Waals surface area contributed by atoms with E-state index in [4.69, 9.17) is 0 Å². The number of aromatic nitrogens is 2. The van der Waals surface area contributed by atoms with Crippen LogP contribution < -0.4 is 5.32 Å². The minimum atomic E-state index is 0.434. The summed E-state index contributed by atoms with van der Waals surface area (Å²) in [5.74, 6) is 1.39. The molecule has 3 rings (SSSR count). The number of nitrogens with one attached hydrogen (secondary N) is 1. The maximum Gasteiger partial charge on any atom is 0.0669 e. The number of hydrogen-bond donors (Lipinski definition) is 1. The Morgan fingerprint density at radius 3 is 2.71 bits per heavy atom. The number of rotatable bonds is 6. The zero-order valence-electron chi connectivity index (χ0n) is 13.2. The van der Waals surface area contributed by atoms with Gasteiger partial charge in [-0.3, -0.25) is 4.68 Å². The van der Waals surface area contributed by atoms with Crippen molar-refractivity contribution in [1.82, 2.24) is 15.1 Å². The van der Waals surface area contributed by atoms with Gasteiger partial charge in [0.15, 0.2) is 0 Å². The van der Waals surface area contributed by atoms with Crippen LogP contribution in [0, 0.1) is 5.92 Å². The lowest BCUT2D eigenvalue weighted by molar-refractivity contribution is 0.484. The van der Waals surface area contributed by atoms with Crippen LogP contribution in [0.3, 0.4) is 0 Å². The van der Waals surface area contributed by atoms with Crippen molar-refractivity contribution in [3.05, 3.63) is 53.3 Å². The van der Waals surface area contributed by atoms with Crippen molar-refractivity contribution in [2.75, 3.05) is 6.54 Å². The van der Waals surface area contributed by atoms with Crippen LogP contribution in [0.15, 0.2) is 36.5 Å². The second-order valence-electron chi connectivity index (χ2n) is 6.01. The van der Waals surface area contributed by atoms with Crippen LogP contribution in [0.2, 0.25) is 0 Å². The summed E-state index contributed by atoms with van der Waals surface area (Å²) in [7, 11) is 2.02. The van der Waals surface area contributed by atoms with Gasteiger partial charge in [-0.15, -0.1) is 0 Å². The van der Waals surface area contributed by atoms with Gasteiger partial charge in [-0.1, -0.05) is 44.2 Å². The van der Waals surface area contributed by atoms with Crippen molar-refractivity contribution in [2.24, 2.45) is 13.0 Å².